The monoisotopic (exact) mass is 276 g/mol. The van der Waals surface area contributed by atoms with Crippen molar-refractivity contribution in [1.29, 1.82) is 0 Å². The van der Waals surface area contributed by atoms with Crippen LogP contribution in [0, 0.1) is 5.92 Å². The SMILES string of the molecule is CC(C)C1Oc2ccc(C(=O)CCCN)cc2NC1=O. The van der Waals surface area contributed by atoms with Crippen molar-refractivity contribution in [3.8, 4) is 5.75 Å². The van der Waals surface area contributed by atoms with Crippen LogP contribution < -0.4 is 15.8 Å². The molecule has 1 aromatic carbocycles. The third-order valence-corrected chi connectivity index (χ3v) is 3.29. The average molecular weight is 276 g/mol. The van der Waals surface area contributed by atoms with Crippen molar-refractivity contribution in [3.63, 3.8) is 0 Å². The zero-order valence-electron chi connectivity index (χ0n) is 11.8. The van der Waals surface area contributed by atoms with Crippen LogP contribution in [0.15, 0.2) is 18.2 Å². The van der Waals surface area contributed by atoms with E-state index in [4.69, 9.17) is 10.5 Å². The number of anilines is 1. The number of benzene rings is 1. The molecule has 1 aromatic rings. The first-order chi connectivity index (χ1) is 9.52. The van der Waals surface area contributed by atoms with Crippen LogP contribution in [0.25, 0.3) is 0 Å². The lowest BCUT2D eigenvalue weighted by Gasteiger charge is -2.28. The van der Waals surface area contributed by atoms with Crippen molar-refractivity contribution in [2.24, 2.45) is 11.7 Å². The number of ketones is 1. The van der Waals surface area contributed by atoms with E-state index >= 15 is 0 Å². The second kappa shape index (κ2) is 6.05. The summed E-state index contributed by atoms with van der Waals surface area (Å²) in [5, 5.41) is 2.80. The number of carbonyl (C=O) groups excluding carboxylic acids is 2. The smallest absolute Gasteiger partial charge is 0.265 e. The second-order valence-corrected chi connectivity index (χ2v) is 5.30. The molecule has 5 nitrogen and oxygen atoms in total. The Kier molecular flexibility index (Phi) is 4.39. The first-order valence-corrected chi connectivity index (χ1v) is 6.87. The molecular weight excluding hydrogens is 256 g/mol. The summed E-state index contributed by atoms with van der Waals surface area (Å²) >= 11 is 0. The summed E-state index contributed by atoms with van der Waals surface area (Å²) in [6, 6.07) is 5.13. The standard InChI is InChI=1S/C15H20N2O3/c1-9(2)14-15(19)17-11-8-10(5-6-13(11)20-14)12(18)4-3-7-16/h5-6,8-9,14H,3-4,7,16H2,1-2H3,(H,17,19). The van der Waals surface area contributed by atoms with Gasteiger partial charge in [-0.05, 0) is 37.1 Å². The summed E-state index contributed by atoms with van der Waals surface area (Å²) in [7, 11) is 0. The number of rotatable bonds is 5. The Labute approximate surface area is 118 Å². The number of hydrogen-bond acceptors (Lipinski definition) is 4. The van der Waals surface area contributed by atoms with Gasteiger partial charge in [0.25, 0.3) is 5.91 Å². The van der Waals surface area contributed by atoms with Crippen molar-refractivity contribution in [2.45, 2.75) is 32.8 Å². The molecule has 108 valence electrons. The molecule has 1 amide bonds. The third kappa shape index (κ3) is 2.99. The van der Waals surface area contributed by atoms with E-state index in [0.717, 1.165) is 0 Å². The summed E-state index contributed by atoms with van der Waals surface area (Å²) in [5.41, 5.74) is 6.53. The van der Waals surface area contributed by atoms with Crippen molar-refractivity contribution in [2.75, 3.05) is 11.9 Å². The molecule has 0 aliphatic carbocycles. The molecule has 5 heteroatoms. The van der Waals surface area contributed by atoms with E-state index in [9.17, 15) is 9.59 Å². The van der Waals surface area contributed by atoms with E-state index in [1.807, 2.05) is 13.8 Å². The zero-order chi connectivity index (χ0) is 14.7. The molecule has 0 fully saturated rings. The van der Waals surface area contributed by atoms with Gasteiger partial charge >= 0.3 is 0 Å². The average Bonchev–Trinajstić information content (AvgIpc) is 2.43. The Morgan fingerprint density at radius 3 is 2.85 bits per heavy atom. The molecule has 3 N–H and O–H groups in total. The van der Waals surface area contributed by atoms with E-state index in [0.29, 0.717) is 36.4 Å². The fourth-order valence-electron chi connectivity index (χ4n) is 2.14. The van der Waals surface area contributed by atoms with E-state index in [-0.39, 0.29) is 17.6 Å². The van der Waals surface area contributed by atoms with E-state index in [1.54, 1.807) is 18.2 Å². The molecule has 2 rings (SSSR count). The minimum Gasteiger partial charge on any atom is -0.478 e. The second-order valence-electron chi connectivity index (χ2n) is 5.30. The number of ether oxygens (including phenoxy) is 1. The molecule has 0 bridgehead atoms. The number of nitrogens with one attached hydrogen (secondary N) is 1. The van der Waals surface area contributed by atoms with Crippen molar-refractivity contribution < 1.29 is 14.3 Å². The first-order valence-electron chi connectivity index (χ1n) is 6.87. The zero-order valence-corrected chi connectivity index (χ0v) is 11.8. The largest absolute Gasteiger partial charge is 0.478 e. The number of amides is 1. The van der Waals surface area contributed by atoms with Crippen molar-refractivity contribution in [3.05, 3.63) is 23.8 Å². The van der Waals surface area contributed by atoms with Crippen LogP contribution in [-0.2, 0) is 4.79 Å². The highest BCUT2D eigenvalue weighted by molar-refractivity contribution is 6.01. The topological polar surface area (TPSA) is 81.4 Å². The molecule has 0 aromatic heterocycles. The van der Waals surface area contributed by atoms with Gasteiger partial charge in [-0.15, -0.1) is 0 Å². The van der Waals surface area contributed by atoms with Gasteiger partial charge < -0.3 is 15.8 Å². The molecule has 1 aliphatic rings. The maximum Gasteiger partial charge on any atom is 0.265 e. The van der Waals surface area contributed by atoms with Crippen LogP contribution in [-0.4, -0.2) is 24.3 Å². The molecule has 1 aliphatic heterocycles. The predicted octanol–water partition coefficient (Wildman–Crippen LogP) is 1.96. The van der Waals surface area contributed by atoms with Gasteiger partial charge in [-0.3, -0.25) is 9.59 Å². The first kappa shape index (κ1) is 14.5. The molecular formula is C15H20N2O3. The van der Waals surface area contributed by atoms with Gasteiger partial charge in [0.2, 0.25) is 0 Å². The minimum absolute atomic E-state index is 0.0264. The van der Waals surface area contributed by atoms with Crippen molar-refractivity contribution in [1.82, 2.24) is 0 Å². The third-order valence-electron chi connectivity index (χ3n) is 3.29. The maximum atomic E-state index is 11.9. The molecule has 0 saturated carbocycles. The molecule has 1 heterocycles. The van der Waals surface area contributed by atoms with Gasteiger partial charge in [0.05, 0.1) is 5.69 Å². The lowest BCUT2D eigenvalue weighted by Crippen LogP contribution is -2.40. The Morgan fingerprint density at radius 1 is 1.45 bits per heavy atom. The normalized spacial score (nSPS) is 17.4. The summed E-state index contributed by atoms with van der Waals surface area (Å²) in [6.45, 7) is 4.35. The number of Topliss-reactive ketones (excluding diaryl/α,β-unsaturated/α-hetero) is 1. The summed E-state index contributed by atoms with van der Waals surface area (Å²) in [5.74, 6) is 0.560. The molecule has 0 saturated heterocycles. The Bertz CT molecular complexity index is 526. The van der Waals surface area contributed by atoms with Crippen LogP contribution in [0.3, 0.4) is 0 Å². The summed E-state index contributed by atoms with van der Waals surface area (Å²) in [6.07, 6.45) is 0.591. The highest BCUT2D eigenvalue weighted by Crippen LogP contribution is 2.32. The van der Waals surface area contributed by atoms with Gasteiger partial charge in [0.1, 0.15) is 5.75 Å². The predicted molar refractivity (Wildman–Crippen MR) is 76.9 cm³/mol. The molecule has 1 atom stereocenters. The number of fused-ring (bicyclic) bond motifs is 1. The van der Waals surface area contributed by atoms with Crippen molar-refractivity contribution >= 4 is 17.4 Å². The quantitative estimate of drug-likeness (QED) is 0.805. The highest BCUT2D eigenvalue weighted by Gasteiger charge is 2.30. The fraction of sp³-hybridized carbons (Fsp3) is 0.467. The summed E-state index contributed by atoms with van der Waals surface area (Å²) in [4.78, 5) is 23.8. The number of carbonyl (C=O) groups is 2. The highest BCUT2D eigenvalue weighted by atomic mass is 16.5. The molecule has 0 spiro atoms. The van der Waals surface area contributed by atoms with Gasteiger partial charge in [-0.2, -0.15) is 0 Å². The Balaban J connectivity index is 2.19. The van der Waals surface area contributed by atoms with Gasteiger partial charge in [0.15, 0.2) is 11.9 Å². The number of nitrogens with two attached hydrogens (primary N) is 1. The molecule has 20 heavy (non-hydrogen) atoms. The van der Waals surface area contributed by atoms with Crippen LogP contribution in [0.5, 0.6) is 5.75 Å². The molecule has 0 radical (unpaired) electrons. The number of hydrogen-bond donors (Lipinski definition) is 2. The van der Waals surface area contributed by atoms with E-state index < -0.39 is 6.10 Å². The van der Waals surface area contributed by atoms with Crippen LogP contribution in [0.2, 0.25) is 0 Å². The van der Waals surface area contributed by atoms with Gasteiger partial charge in [-0.1, -0.05) is 13.8 Å². The van der Waals surface area contributed by atoms with E-state index in [1.165, 1.54) is 0 Å². The van der Waals surface area contributed by atoms with Gasteiger partial charge in [-0.25, -0.2) is 0 Å². The van der Waals surface area contributed by atoms with Crippen LogP contribution >= 0.6 is 0 Å². The fourth-order valence-corrected chi connectivity index (χ4v) is 2.14. The Hall–Kier alpha value is -1.88. The molecule has 1 unspecified atom stereocenters. The Morgan fingerprint density at radius 2 is 2.20 bits per heavy atom. The summed E-state index contributed by atoms with van der Waals surface area (Å²) < 4.78 is 5.68. The van der Waals surface area contributed by atoms with E-state index in [2.05, 4.69) is 5.32 Å². The van der Waals surface area contributed by atoms with Crippen LogP contribution in [0.4, 0.5) is 5.69 Å². The van der Waals surface area contributed by atoms with Crippen LogP contribution in [0.1, 0.15) is 37.0 Å². The van der Waals surface area contributed by atoms with Gasteiger partial charge in [0, 0.05) is 12.0 Å². The lowest BCUT2D eigenvalue weighted by molar-refractivity contribution is -0.125. The lowest BCUT2D eigenvalue weighted by atomic mass is 10.0. The maximum absolute atomic E-state index is 11.9. The minimum atomic E-state index is -0.485.